The number of anilines is 1. The van der Waals surface area contributed by atoms with Crippen molar-refractivity contribution in [3.63, 3.8) is 0 Å². The van der Waals surface area contributed by atoms with E-state index >= 15 is 0 Å². The highest BCUT2D eigenvalue weighted by molar-refractivity contribution is 7.92. The Morgan fingerprint density at radius 2 is 1.79 bits per heavy atom. The Labute approximate surface area is 173 Å². The molecule has 29 heavy (non-hydrogen) atoms. The Bertz CT molecular complexity index is 983. The summed E-state index contributed by atoms with van der Waals surface area (Å²) in [4.78, 5) is 14.8. The molecule has 1 unspecified atom stereocenters. The molecule has 1 aliphatic carbocycles. The first-order valence-electron chi connectivity index (χ1n) is 9.88. The van der Waals surface area contributed by atoms with E-state index < -0.39 is 10.0 Å². The van der Waals surface area contributed by atoms with Gasteiger partial charge in [0.15, 0.2) is 0 Å². The van der Waals surface area contributed by atoms with Crippen LogP contribution in [0.2, 0.25) is 0 Å². The van der Waals surface area contributed by atoms with Crippen molar-refractivity contribution >= 4 is 21.6 Å². The first-order valence-corrected chi connectivity index (χ1v) is 11.4. The minimum atomic E-state index is -3.72. The van der Waals surface area contributed by atoms with E-state index in [9.17, 15) is 13.2 Å². The molecule has 0 aromatic heterocycles. The lowest BCUT2D eigenvalue weighted by molar-refractivity contribution is 0.0939. The van der Waals surface area contributed by atoms with Gasteiger partial charge in [-0.2, -0.15) is 0 Å². The Morgan fingerprint density at radius 3 is 2.41 bits per heavy atom. The summed E-state index contributed by atoms with van der Waals surface area (Å²) in [7, 11) is -1.64. The van der Waals surface area contributed by atoms with Crippen molar-refractivity contribution in [2.75, 3.05) is 18.3 Å². The number of hydrogen-bond donors (Lipinski definition) is 2. The molecule has 0 saturated heterocycles. The van der Waals surface area contributed by atoms with Gasteiger partial charge in [-0.3, -0.25) is 14.4 Å². The minimum absolute atomic E-state index is 0.122. The van der Waals surface area contributed by atoms with E-state index in [1.54, 1.807) is 18.2 Å². The number of rotatable bonds is 8. The average Bonchev–Trinajstić information content (AvgIpc) is 3.54. The quantitative estimate of drug-likeness (QED) is 0.693. The van der Waals surface area contributed by atoms with Crippen LogP contribution in [0.1, 0.15) is 41.3 Å². The summed E-state index contributed by atoms with van der Waals surface area (Å²) in [5.74, 6) is -0.201. The van der Waals surface area contributed by atoms with Crippen LogP contribution in [0, 0.1) is 13.8 Å². The van der Waals surface area contributed by atoms with Crippen LogP contribution in [0.3, 0.4) is 0 Å². The van der Waals surface area contributed by atoms with Gasteiger partial charge in [0.25, 0.3) is 15.9 Å². The number of carbonyl (C=O) groups excluding carboxylic acids is 1. The summed E-state index contributed by atoms with van der Waals surface area (Å²) < 4.78 is 28.0. The monoisotopic (exact) mass is 415 g/mol. The lowest BCUT2D eigenvalue weighted by Gasteiger charge is -2.24. The van der Waals surface area contributed by atoms with Crippen LogP contribution < -0.4 is 10.0 Å². The topological polar surface area (TPSA) is 78.5 Å². The summed E-state index contributed by atoms with van der Waals surface area (Å²) in [5.41, 5.74) is 2.90. The largest absolute Gasteiger partial charge is 0.350 e. The third-order valence-corrected chi connectivity index (χ3v) is 7.03. The Balaban J connectivity index is 1.64. The molecule has 2 aromatic carbocycles. The van der Waals surface area contributed by atoms with Crippen molar-refractivity contribution in [1.29, 1.82) is 0 Å². The van der Waals surface area contributed by atoms with Gasteiger partial charge in [-0.1, -0.05) is 12.1 Å². The predicted octanol–water partition coefficient (Wildman–Crippen LogP) is 3.32. The van der Waals surface area contributed by atoms with Crippen LogP contribution in [-0.4, -0.2) is 44.9 Å². The standard InChI is InChI=1S/C22H29N3O3S/c1-15-6-5-7-21(17(15)3)24-29(27,28)20-12-8-18(9-13-20)22(26)23-14-16(2)25(4)19-10-11-19/h5-9,12-13,16,19,24H,10-11,14H2,1-4H3,(H,23,26). The van der Waals surface area contributed by atoms with Crippen LogP contribution in [-0.2, 0) is 10.0 Å². The van der Waals surface area contributed by atoms with Crippen molar-refractivity contribution in [1.82, 2.24) is 10.2 Å². The molecule has 2 N–H and O–H groups in total. The number of benzene rings is 2. The van der Waals surface area contributed by atoms with Crippen molar-refractivity contribution in [3.8, 4) is 0 Å². The van der Waals surface area contributed by atoms with E-state index in [4.69, 9.17) is 0 Å². The molecule has 1 aliphatic rings. The van der Waals surface area contributed by atoms with Gasteiger partial charge in [-0.05, 0) is 82.1 Å². The van der Waals surface area contributed by atoms with Crippen molar-refractivity contribution in [3.05, 3.63) is 59.2 Å². The second-order valence-corrected chi connectivity index (χ2v) is 9.52. The third-order valence-electron chi connectivity index (χ3n) is 5.65. The first kappa shape index (κ1) is 21.3. The van der Waals surface area contributed by atoms with Gasteiger partial charge in [0, 0.05) is 24.2 Å². The summed E-state index contributed by atoms with van der Waals surface area (Å²) in [6.45, 7) is 6.46. The average molecular weight is 416 g/mol. The van der Waals surface area contributed by atoms with Crippen molar-refractivity contribution < 1.29 is 13.2 Å². The minimum Gasteiger partial charge on any atom is -0.350 e. The molecule has 1 saturated carbocycles. The van der Waals surface area contributed by atoms with Crippen LogP contribution in [0.5, 0.6) is 0 Å². The zero-order chi connectivity index (χ0) is 21.2. The molecule has 1 fully saturated rings. The van der Waals surface area contributed by atoms with E-state index in [-0.39, 0.29) is 16.8 Å². The fourth-order valence-corrected chi connectivity index (χ4v) is 4.30. The maximum atomic E-state index is 12.7. The highest BCUT2D eigenvalue weighted by Crippen LogP contribution is 2.26. The summed E-state index contributed by atoms with van der Waals surface area (Å²) >= 11 is 0. The van der Waals surface area contributed by atoms with Gasteiger partial charge in [-0.15, -0.1) is 0 Å². The first-order chi connectivity index (χ1) is 13.7. The number of amides is 1. The maximum Gasteiger partial charge on any atom is 0.261 e. The second kappa shape index (κ2) is 8.55. The van der Waals surface area contributed by atoms with E-state index in [1.165, 1.54) is 25.0 Å². The second-order valence-electron chi connectivity index (χ2n) is 7.83. The number of carbonyl (C=O) groups is 1. The van der Waals surface area contributed by atoms with Crippen LogP contribution in [0.15, 0.2) is 47.4 Å². The van der Waals surface area contributed by atoms with E-state index in [0.717, 1.165) is 11.1 Å². The van der Waals surface area contributed by atoms with Gasteiger partial charge in [-0.25, -0.2) is 8.42 Å². The van der Waals surface area contributed by atoms with Gasteiger partial charge < -0.3 is 5.32 Å². The fourth-order valence-electron chi connectivity index (χ4n) is 3.18. The number of likely N-dealkylation sites (N-methyl/N-ethyl adjacent to an activating group) is 1. The summed E-state index contributed by atoms with van der Waals surface area (Å²) in [6, 6.07) is 12.4. The molecule has 1 atom stereocenters. The van der Waals surface area contributed by atoms with Gasteiger partial charge in [0.05, 0.1) is 10.6 Å². The SMILES string of the molecule is Cc1cccc(NS(=O)(=O)c2ccc(C(=O)NCC(C)N(C)C3CC3)cc2)c1C. The summed E-state index contributed by atoms with van der Waals surface area (Å²) in [6.07, 6.45) is 2.45. The van der Waals surface area contributed by atoms with Gasteiger partial charge in [0.2, 0.25) is 0 Å². The lowest BCUT2D eigenvalue weighted by Crippen LogP contribution is -2.41. The zero-order valence-electron chi connectivity index (χ0n) is 17.4. The molecule has 1 amide bonds. The van der Waals surface area contributed by atoms with Crippen molar-refractivity contribution in [2.45, 2.75) is 50.6 Å². The van der Waals surface area contributed by atoms with Crippen molar-refractivity contribution in [2.24, 2.45) is 0 Å². The summed E-state index contributed by atoms with van der Waals surface area (Å²) in [5, 5.41) is 2.93. The predicted molar refractivity (Wildman–Crippen MR) is 116 cm³/mol. The molecule has 7 heteroatoms. The van der Waals surface area contributed by atoms with Crippen LogP contribution >= 0.6 is 0 Å². The fraction of sp³-hybridized carbons (Fsp3) is 0.409. The number of hydrogen-bond acceptors (Lipinski definition) is 4. The highest BCUT2D eigenvalue weighted by atomic mass is 32.2. The Kier molecular flexibility index (Phi) is 6.29. The molecule has 3 rings (SSSR count). The molecule has 156 valence electrons. The van der Waals surface area contributed by atoms with Gasteiger partial charge in [0.1, 0.15) is 0 Å². The Morgan fingerprint density at radius 1 is 1.14 bits per heavy atom. The number of aryl methyl sites for hydroxylation is 1. The third kappa shape index (κ3) is 5.16. The normalized spacial score (nSPS) is 15.2. The van der Waals surface area contributed by atoms with Gasteiger partial charge >= 0.3 is 0 Å². The molecule has 0 bridgehead atoms. The van der Waals surface area contributed by atoms with E-state index in [0.29, 0.717) is 23.8 Å². The number of nitrogens with zero attached hydrogens (tertiary/aromatic N) is 1. The zero-order valence-corrected chi connectivity index (χ0v) is 18.2. The Hall–Kier alpha value is -2.38. The van der Waals surface area contributed by atoms with Crippen LogP contribution in [0.25, 0.3) is 0 Å². The lowest BCUT2D eigenvalue weighted by atomic mass is 10.1. The molecule has 0 aliphatic heterocycles. The molecular weight excluding hydrogens is 386 g/mol. The van der Waals surface area contributed by atoms with E-state index in [2.05, 4.69) is 28.9 Å². The molecule has 0 radical (unpaired) electrons. The van der Waals surface area contributed by atoms with Crippen LogP contribution in [0.4, 0.5) is 5.69 Å². The molecule has 6 nitrogen and oxygen atoms in total. The van der Waals surface area contributed by atoms with E-state index in [1.807, 2.05) is 26.0 Å². The molecule has 2 aromatic rings. The smallest absolute Gasteiger partial charge is 0.261 e. The number of nitrogens with one attached hydrogen (secondary N) is 2. The molecule has 0 heterocycles. The number of sulfonamides is 1. The molecule has 0 spiro atoms. The maximum absolute atomic E-state index is 12.7. The molecular formula is C22H29N3O3S. The highest BCUT2D eigenvalue weighted by Gasteiger charge is 2.29.